The van der Waals surface area contributed by atoms with Gasteiger partial charge in [-0.3, -0.25) is 9.59 Å². The summed E-state index contributed by atoms with van der Waals surface area (Å²) in [4.78, 5) is 33.0. The van der Waals surface area contributed by atoms with Gasteiger partial charge in [-0.1, -0.05) is 47.2 Å². The molecule has 0 radical (unpaired) electrons. The lowest BCUT2D eigenvalue weighted by atomic mass is 10.0. The zero-order valence-corrected chi connectivity index (χ0v) is 19.1. The molecule has 1 atom stereocenters. The van der Waals surface area contributed by atoms with Crippen molar-refractivity contribution in [2.75, 3.05) is 37.3 Å². The number of nitrogen functional groups attached to an aromatic ring is 1. The highest BCUT2D eigenvalue weighted by molar-refractivity contribution is 7.19. The fourth-order valence-electron chi connectivity index (χ4n) is 4.19. The van der Waals surface area contributed by atoms with E-state index in [1.165, 1.54) is 11.3 Å². The Balaban J connectivity index is 1.28. The zero-order valence-electron chi connectivity index (χ0n) is 18.3. The highest BCUT2D eigenvalue weighted by atomic mass is 32.1. The van der Waals surface area contributed by atoms with Crippen molar-refractivity contribution in [3.05, 3.63) is 59.3 Å². The lowest BCUT2D eigenvalue weighted by molar-refractivity contribution is 0.0451. The van der Waals surface area contributed by atoms with Crippen LogP contribution in [0, 0.1) is 6.92 Å². The molecule has 2 amide bonds. The summed E-state index contributed by atoms with van der Waals surface area (Å²) in [5.41, 5.74) is 9.63. The summed E-state index contributed by atoms with van der Waals surface area (Å²) < 4.78 is 5.62. The van der Waals surface area contributed by atoms with Crippen molar-refractivity contribution in [2.24, 2.45) is 0 Å². The first-order valence-corrected chi connectivity index (χ1v) is 11.7. The summed E-state index contributed by atoms with van der Waals surface area (Å²) in [7, 11) is 0. The van der Waals surface area contributed by atoms with Gasteiger partial charge >= 0.3 is 0 Å². The van der Waals surface area contributed by atoms with Gasteiger partial charge in [0.15, 0.2) is 5.13 Å². The number of benzene rings is 2. The molecule has 1 fully saturated rings. The average molecular weight is 464 g/mol. The second kappa shape index (κ2) is 8.74. The van der Waals surface area contributed by atoms with Gasteiger partial charge in [0, 0.05) is 19.6 Å². The first-order valence-electron chi connectivity index (χ1n) is 10.9. The standard InChI is InChI=1S/C24H25N5O3S/c1-14-4-2-5-15(12-14)21-20(28-24(25)33-21)23(31)29-10-8-16(29)13-27-22(30)17-6-3-7-18-19(17)26-9-11-32-18/h2-7,12,16,26H,8-11,13H2,1H3,(H2,25,28)(H,27,30). The van der Waals surface area contributed by atoms with Crippen LogP contribution in [0.2, 0.25) is 0 Å². The number of aromatic nitrogens is 1. The fourth-order valence-corrected chi connectivity index (χ4v) is 5.01. The van der Waals surface area contributed by atoms with E-state index in [0.717, 1.165) is 22.4 Å². The largest absolute Gasteiger partial charge is 0.490 e. The number of ether oxygens (including phenoxy) is 1. The van der Waals surface area contributed by atoms with E-state index >= 15 is 0 Å². The molecule has 5 rings (SSSR count). The van der Waals surface area contributed by atoms with E-state index in [0.29, 0.717) is 54.1 Å². The second-order valence-corrected chi connectivity index (χ2v) is 9.23. The number of nitrogens with two attached hydrogens (primary N) is 1. The van der Waals surface area contributed by atoms with E-state index in [2.05, 4.69) is 15.6 Å². The Labute approximate surface area is 195 Å². The van der Waals surface area contributed by atoms with Gasteiger partial charge in [0.2, 0.25) is 0 Å². The molecule has 3 aromatic rings. The van der Waals surface area contributed by atoms with Crippen LogP contribution in [-0.4, -0.2) is 54.0 Å². The topological polar surface area (TPSA) is 110 Å². The molecule has 1 unspecified atom stereocenters. The zero-order chi connectivity index (χ0) is 22.9. The number of likely N-dealkylation sites (tertiary alicyclic amines) is 1. The maximum Gasteiger partial charge on any atom is 0.274 e. The van der Waals surface area contributed by atoms with Gasteiger partial charge in [-0.15, -0.1) is 0 Å². The van der Waals surface area contributed by atoms with E-state index in [4.69, 9.17) is 10.5 Å². The van der Waals surface area contributed by atoms with Crippen LogP contribution in [0.4, 0.5) is 10.8 Å². The fraction of sp³-hybridized carbons (Fsp3) is 0.292. The molecule has 2 aliphatic heterocycles. The summed E-state index contributed by atoms with van der Waals surface area (Å²) >= 11 is 1.32. The lowest BCUT2D eigenvalue weighted by Gasteiger charge is -2.40. The van der Waals surface area contributed by atoms with Crippen molar-refractivity contribution in [3.63, 3.8) is 0 Å². The van der Waals surface area contributed by atoms with Crippen LogP contribution < -0.4 is 21.1 Å². The minimum absolute atomic E-state index is 0.0847. The number of aryl methyl sites for hydroxylation is 1. The highest BCUT2D eigenvalue weighted by Gasteiger charge is 2.35. The Hall–Kier alpha value is -3.59. The van der Waals surface area contributed by atoms with Gasteiger partial charge in [0.05, 0.1) is 22.2 Å². The maximum atomic E-state index is 13.3. The molecule has 33 heavy (non-hydrogen) atoms. The van der Waals surface area contributed by atoms with Crippen molar-refractivity contribution in [3.8, 4) is 16.2 Å². The van der Waals surface area contributed by atoms with E-state index in [1.54, 1.807) is 17.0 Å². The molecule has 2 aromatic carbocycles. The minimum Gasteiger partial charge on any atom is -0.490 e. The Morgan fingerprint density at radius 3 is 2.94 bits per heavy atom. The average Bonchev–Trinajstić information content (AvgIpc) is 3.20. The van der Waals surface area contributed by atoms with Crippen LogP contribution in [0.3, 0.4) is 0 Å². The van der Waals surface area contributed by atoms with Crippen molar-refractivity contribution in [1.82, 2.24) is 15.2 Å². The van der Waals surface area contributed by atoms with Gasteiger partial charge in [-0.05, 0) is 31.0 Å². The first kappa shape index (κ1) is 21.3. The number of amides is 2. The molecular weight excluding hydrogens is 438 g/mol. The predicted molar refractivity (Wildman–Crippen MR) is 129 cm³/mol. The van der Waals surface area contributed by atoms with Gasteiger partial charge in [-0.2, -0.15) is 0 Å². The number of hydrogen-bond acceptors (Lipinski definition) is 7. The molecule has 1 aromatic heterocycles. The van der Waals surface area contributed by atoms with Crippen LogP contribution in [0.25, 0.3) is 10.4 Å². The van der Waals surface area contributed by atoms with Gasteiger partial charge in [-0.25, -0.2) is 4.98 Å². The van der Waals surface area contributed by atoms with E-state index in [-0.39, 0.29) is 17.9 Å². The van der Waals surface area contributed by atoms with Crippen LogP contribution in [0.5, 0.6) is 5.75 Å². The van der Waals surface area contributed by atoms with Crippen LogP contribution in [-0.2, 0) is 0 Å². The number of nitrogens with one attached hydrogen (secondary N) is 2. The quantitative estimate of drug-likeness (QED) is 0.536. The molecule has 2 aliphatic rings. The number of thiazole rings is 1. The molecular formula is C24H25N5O3S. The van der Waals surface area contributed by atoms with Gasteiger partial charge < -0.3 is 26.0 Å². The maximum absolute atomic E-state index is 13.3. The van der Waals surface area contributed by atoms with Crippen molar-refractivity contribution in [1.29, 1.82) is 0 Å². The number of nitrogens with zero attached hydrogens (tertiary/aromatic N) is 2. The smallest absolute Gasteiger partial charge is 0.274 e. The lowest BCUT2D eigenvalue weighted by Crippen LogP contribution is -2.56. The molecule has 0 bridgehead atoms. The monoisotopic (exact) mass is 463 g/mol. The summed E-state index contributed by atoms with van der Waals surface area (Å²) in [5.74, 6) is 0.332. The molecule has 170 valence electrons. The molecule has 3 heterocycles. The normalized spacial score (nSPS) is 16.8. The third kappa shape index (κ3) is 4.11. The number of rotatable bonds is 5. The number of carbonyl (C=O) groups excluding carboxylic acids is 2. The van der Waals surface area contributed by atoms with Crippen molar-refractivity contribution >= 4 is 34.0 Å². The van der Waals surface area contributed by atoms with Gasteiger partial charge in [0.25, 0.3) is 11.8 Å². The number of hydrogen-bond donors (Lipinski definition) is 3. The Morgan fingerprint density at radius 2 is 2.15 bits per heavy atom. The molecule has 0 aliphatic carbocycles. The molecule has 4 N–H and O–H groups in total. The molecule has 8 nitrogen and oxygen atoms in total. The highest BCUT2D eigenvalue weighted by Crippen LogP contribution is 2.35. The van der Waals surface area contributed by atoms with Crippen LogP contribution in [0.15, 0.2) is 42.5 Å². The second-order valence-electron chi connectivity index (χ2n) is 8.20. The Bertz CT molecular complexity index is 1220. The Kier molecular flexibility index (Phi) is 5.63. The number of para-hydroxylation sites is 1. The van der Waals surface area contributed by atoms with E-state index < -0.39 is 0 Å². The molecule has 0 saturated carbocycles. The minimum atomic E-state index is -0.192. The Morgan fingerprint density at radius 1 is 1.30 bits per heavy atom. The van der Waals surface area contributed by atoms with Crippen LogP contribution >= 0.6 is 11.3 Å². The summed E-state index contributed by atoms with van der Waals surface area (Å²) in [6.45, 7) is 4.23. The van der Waals surface area contributed by atoms with Crippen LogP contribution in [0.1, 0.15) is 32.8 Å². The molecule has 0 spiro atoms. The third-order valence-corrected chi connectivity index (χ3v) is 6.90. The number of anilines is 2. The summed E-state index contributed by atoms with van der Waals surface area (Å²) in [6.07, 6.45) is 0.819. The van der Waals surface area contributed by atoms with Gasteiger partial charge in [0.1, 0.15) is 18.1 Å². The first-order chi connectivity index (χ1) is 16.0. The third-order valence-electron chi connectivity index (χ3n) is 5.96. The van der Waals surface area contributed by atoms with E-state index in [1.807, 2.05) is 37.3 Å². The predicted octanol–water partition coefficient (Wildman–Crippen LogP) is 3.15. The van der Waals surface area contributed by atoms with Crippen molar-refractivity contribution in [2.45, 2.75) is 19.4 Å². The molecule has 1 saturated heterocycles. The van der Waals surface area contributed by atoms with Crippen molar-refractivity contribution < 1.29 is 14.3 Å². The molecule has 9 heteroatoms. The summed E-state index contributed by atoms with van der Waals surface area (Å²) in [5, 5.41) is 6.58. The number of carbonyl (C=O) groups is 2. The SMILES string of the molecule is Cc1cccc(-c2sc(N)nc2C(=O)N2CCC2CNC(=O)c2cccc3c2NCCO3)c1. The summed E-state index contributed by atoms with van der Waals surface area (Å²) in [6, 6.07) is 13.3. The van der Waals surface area contributed by atoms with E-state index in [9.17, 15) is 9.59 Å². The number of fused-ring (bicyclic) bond motifs is 1.